The largest absolute Gasteiger partial charge is 0.372 e. The van der Waals surface area contributed by atoms with Gasteiger partial charge >= 0.3 is 0 Å². The summed E-state index contributed by atoms with van der Waals surface area (Å²) in [5.74, 6) is 1.39. The molecule has 2 atom stereocenters. The van der Waals surface area contributed by atoms with Crippen LogP contribution in [0.2, 0.25) is 0 Å². The topological polar surface area (TPSA) is 58.2 Å². The number of ether oxygens (including phenoxy) is 1. The van der Waals surface area contributed by atoms with Crippen molar-refractivity contribution in [3.05, 3.63) is 22.2 Å². The Labute approximate surface area is 94.5 Å². The molecule has 0 aliphatic carbocycles. The van der Waals surface area contributed by atoms with Gasteiger partial charge in [0.1, 0.15) is 11.6 Å². The fraction of sp³-hybridized carbons (Fsp3) is 0.636. The van der Waals surface area contributed by atoms with Gasteiger partial charge in [-0.25, -0.2) is 4.98 Å². The smallest absolute Gasteiger partial charge is 0.252 e. The van der Waals surface area contributed by atoms with Crippen molar-refractivity contribution in [3.8, 4) is 0 Å². The number of nitrogens with zero attached hydrogens (tertiary/aromatic N) is 2. The molecule has 2 unspecified atom stereocenters. The lowest BCUT2D eigenvalue weighted by atomic mass is 10.2. The first-order valence-electron chi connectivity index (χ1n) is 5.53. The second-order valence-corrected chi connectivity index (χ2v) is 4.35. The van der Waals surface area contributed by atoms with Crippen LogP contribution >= 0.6 is 0 Å². The van der Waals surface area contributed by atoms with E-state index < -0.39 is 0 Å². The summed E-state index contributed by atoms with van der Waals surface area (Å²) in [6.45, 7) is 7.41. The molecule has 2 rings (SSSR count). The van der Waals surface area contributed by atoms with Crippen LogP contribution in [-0.2, 0) is 4.74 Å². The van der Waals surface area contributed by atoms with E-state index in [1.807, 2.05) is 13.8 Å². The lowest BCUT2D eigenvalue weighted by molar-refractivity contribution is -0.00548. The predicted molar refractivity (Wildman–Crippen MR) is 61.8 cm³/mol. The van der Waals surface area contributed by atoms with Gasteiger partial charge in [0.05, 0.1) is 12.2 Å². The molecule has 2 heterocycles. The van der Waals surface area contributed by atoms with Gasteiger partial charge in [-0.2, -0.15) is 0 Å². The number of hydrogen-bond acceptors (Lipinski definition) is 4. The van der Waals surface area contributed by atoms with Gasteiger partial charge in [0.15, 0.2) is 0 Å². The maximum Gasteiger partial charge on any atom is 0.252 e. The molecule has 0 bridgehead atoms. The van der Waals surface area contributed by atoms with E-state index in [0.717, 1.165) is 18.9 Å². The summed E-state index contributed by atoms with van der Waals surface area (Å²) in [6, 6.07) is 1.54. The van der Waals surface area contributed by atoms with Crippen LogP contribution in [-0.4, -0.2) is 35.3 Å². The van der Waals surface area contributed by atoms with Crippen molar-refractivity contribution < 1.29 is 4.74 Å². The summed E-state index contributed by atoms with van der Waals surface area (Å²) in [6.07, 6.45) is 0.343. The number of nitrogens with one attached hydrogen (secondary N) is 1. The SMILES string of the molecule is Cc1nc(N2CC(C)OC(C)C2)cc(=O)[nH]1. The molecule has 0 aromatic carbocycles. The van der Waals surface area contributed by atoms with E-state index in [0.29, 0.717) is 5.82 Å². The molecule has 16 heavy (non-hydrogen) atoms. The van der Waals surface area contributed by atoms with Gasteiger partial charge in [0.2, 0.25) is 0 Å². The number of aromatic nitrogens is 2. The van der Waals surface area contributed by atoms with Crippen molar-refractivity contribution >= 4 is 5.82 Å². The molecular weight excluding hydrogens is 206 g/mol. The van der Waals surface area contributed by atoms with Gasteiger partial charge in [0.25, 0.3) is 5.56 Å². The molecule has 5 heteroatoms. The normalized spacial score (nSPS) is 25.8. The highest BCUT2D eigenvalue weighted by atomic mass is 16.5. The summed E-state index contributed by atoms with van der Waals surface area (Å²) in [5.41, 5.74) is -0.103. The Morgan fingerprint density at radius 3 is 2.62 bits per heavy atom. The summed E-state index contributed by atoms with van der Waals surface area (Å²) < 4.78 is 5.64. The molecule has 1 aromatic rings. The maximum atomic E-state index is 11.4. The maximum absolute atomic E-state index is 11.4. The second kappa shape index (κ2) is 4.25. The minimum atomic E-state index is -0.103. The zero-order valence-corrected chi connectivity index (χ0v) is 9.86. The van der Waals surface area contributed by atoms with Crippen molar-refractivity contribution in [2.24, 2.45) is 0 Å². The van der Waals surface area contributed by atoms with Gasteiger partial charge < -0.3 is 14.6 Å². The molecule has 1 aliphatic heterocycles. The fourth-order valence-electron chi connectivity index (χ4n) is 2.09. The number of H-pyrrole nitrogens is 1. The highest BCUT2D eigenvalue weighted by Crippen LogP contribution is 2.16. The Kier molecular flexibility index (Phi) is 2.96. The molecular formula is C11H17N3O2. The van der Waals surface area contributed by atoms with E-state index in [2.05, 4.69) is 14.9 Å². The van der Waals surface area contributed by atoms with E-state index in [9.17, 15) is 4.79 Å². The molecule has 1 aromatic heterocycles. The first-order chi connectivity index (χ1) is 7.54. The van der Waals surface area contributed by atoms with E-state index >= 15 is 0 Å². The van der Waals surface area contributed by atoms with Crippen molar-refractivity contribution in [1.29, 1.82) is 0 Å². The molecule has 88 valence electrons. The van der Waals surface area contributed by atoms with Crippen LogP contribution in [0.25, 0.3) is 0 Å². The average molecular weight is 223 g/mol. The summed E-state index contributed by atoms with van der Waals surface area (Å²) in [5, 5.41) is 0. The molecule has 1 aliphatic rings. The Morgan fingerprint density at radius 1 is 1.44 bits per heavy atom. The number of hydrogen-bond donors (Lipinski definition) is 1. The first kappa shape index (κ1) is 11.1. The second-order valence-electron chi connectivity index (χ2n) is 4.35. The van der Waals surface area contributed by atoms with Crippen LogP contribution in [0.5, 0.6) is 0 Å². The van der Waals surface area contributed by atoms with Crippen molar-refractivity contribution in [2.75, 3.05) is 18.0 Å². The number of morpholine rings is 1. The molecule has 0 radical (unpaired) electrons. The Bertz CT molecular complexity index is 419. The Hall–Kier alpha value is -1.36. The molecule has 0 spiro atoms. The third kappa shape index (κ3) is 2.41. The number of aryl methyl sites for hydroxylation is 1. The van der Waals surface area contributed by atoms with E-state index in [1.54, 1.807) is 6.92 Å². The molecule has 1 saturated heterocycles. The lowest BCUT2D eigenvalue weighted by Gasteiger charge is -2.35. The quantitative estimate of drug-likeness (QED) is 0.761. The van der Waals surface area contributed by atoms with Gasteiger partial charge in [-0.05, 0) is 20.8 Å². The van der Waals surface area contributed by atoms with Crippen LogP contribution in [0.3, 0.4) is 0 Å². The third-order valence-corrected chi connectivity index (χ3v) is 2.59. The van der Waals surface area contributed by atoms with Crippen LogP contribution in [0, 0.1) is 6.92 Å². The summed E-state index contributed by atoms with van der Waals surface area (Å²) in [7, 11) is 0. The molecule has 0 saturated carbocycles. The fourth-order valence-corrected chi connectivity index (χ4v) is 2.09. The lowest BCUT2D eigenvalue weighted by Crippen LogP contribution is -2.46. The molecule has 0 amide bonds. The number of anilines is 1. The zero-order valence-electron chi connectivity index (χ0n) is 9.86. The molecule has 1 fully saturated rings. The van der Waals surface area contributed by atoms with Crippen LogP contribution in [0.1, 0.15) is 19.7 Å². The predicted octanol–water partition coefficient (Wildman–Crippen LogP) is 0.692. The summed E-state index contributed by atoms with van der Waals surface area (Å²) >= 11 is 0. The third-order valence-electron chi connectivity index (χ3n) is 2.59. The minimum Gasteiger partial charge on any atom is -0.372 e. The number of aromatic amines is 1. The first-order valence-corrected chi connectivity index (χ1v) is 5.53. The Morgan fingerprint density at radius 2 is 2.06 bits per heavy atom. The van der Waals surface area contributed by atoms with E-state index in [4.69, 9.17) is 4.74 Å². The van der Waals surface area contributed by atoms with Crippen LogP contribution in [0.15, 0.2) is 10.9 Å². The standard InChI is InChI=1S/C11H17N3O2/c1-7-5-14(6-8(2)16-7)10-4-11(15)13-9(3)12-10/h4,7-8H,5-6H2,1-3H3,(H,12,13,15). The molecule has 1 N–H and O–H groups in total. The van der Waals surface area contributed by atoms with Crippen LogP contribution in [0.4, 0.5) is 5.82 Å². The highest BCUT2D eigenvalue weighted by molar-refractivity contribution is 5.38. The van der Waals surface area contributed by atoms with Crippen molar-refractivity contribution in [3.63, 3.8) is 0 Å². The molecule has 5 nitrogen and oxygen atoms in total. The number of rotatable bonds is 1. The van der Waals surface area contributed by atoms with Gasteiger partial charge in [0, 0.05) is 19.2 Å². The average Bonchev–Trinajstić information content (AvgIpc) is 2.14. The van der Waals surface area contributed by atoms with Gasteiger partial charge in [-0.3, -0.25) is 4.79 Å². The van der Waals surface area contributed by atoms with Crippen molar-refractivity contribution in [1.82, 2.24) is 9.97 Å². The Balaban J connectivity index is 2.26. The van der Waals surface area contributed by atoms with E-state index in [-0.39, 0.29) is 17.8 Å². The van der Waals surface area contributed by atoms with Crippen LogP contribution < -0.4 is 10.5 Å². The minimum absolute atomic E-state index is 0.103. The summed E-state index contributed by atoms with van der Waals surface area (Å²) in [4.78, 5) is 20.5. The van der Waals surface area contributed by atoms with Crippen molar-refractivity contribution in [2.45, 2.75) is 33.0 Å². The highest BCUT2D eigenvalue weighted by Gasteiger charge is 2.23. The monoisotopic (exact) mass is 223 g/mol. The van der Waals surface area contributed by atoms with Gasteiger partial charge in [-0.1, -0.05) is 0 Å². The van der Waals surface area contributed by atoms with E-state index in [1.165, 1.54) is 6.07 Å². The zero-order chi connectivity index (χ0) is 11.7. The van der Waals surface area contributed by atoms with Gasteiger partial charge in [-0.15, -0.1) is 0 Å².